The van der Waals surface area contributed by atoms with Gasteiger partial charge in [0, 0.05) is 18.7 Å². The Hall–Kier alpha value is -0.800. The molecular weight excluding hydrogens is 240 g/mol. The predicted molar refractivity (Wildman–Crippen MR) is 68.2 cm³/mol. The van der Waals surface area contributed by atoms with Crippen molar-refractivity contribution in [1.29, 1.82) is 0 Å². The van der Waals surface area contributed by atoms with Crippen LogP contribution in [0.2, 0.25) is 4.34 Å². The summed E-state index contributed by atoms with van der Waals surface area (Å²) in [5, 5.41) is 0. The normalized spacial score (nSPS) is 19.8. The van der Waals surface area contributed by atoms with Gasteiger partial charge in [0.05, 0.1) is 14.9 Å². The van der Waals surface area contributed by atoms with E-state index in [2.05, 4.69) is 17.7 Å². The van der Waals surface area contributed by atoms with E-state index in [1.807, 2.05) is 12.1 Å². The quantitative estimate of drug-likeness (QED) is 0.745. The zero-order valence-electron chi connectivity index (χ0n) is 9.11. The molecule has 0 amide bonds. The highest BCUT2D eigenvalue weighted by atomic mass is 35.5. The third-order valence-corrected chi connectivity index (χ3v) is 4.36. The monoisotopic (exact) mass is 252 g/mol. The molecule has 2 nitrogen and oxygen atoms in total. The molecule has 0 aromatic carbocycles. The number of hydrogen-bond donors (Lipinski definition) is 0. The Morgan fingerprint density at radius 2 is 2.38 bits per heavy atom. The van der Waals surface area contributed by atoms with Crippen molar-refractivity contribution in [3.8, 4) is 10.6 Å². The lowest BCUT2D eigenvalue weighted by atomic mass is 10.0. The molecule has 16 heavy (non-hydrogen) atoms. The predicted octanol–water partition coefficient (Wildman–Crippen LogP) is 4.16. The van der Waals surface area contributed by atoms with Gasteiger partial charge in [0.2, 0.25) is 0 Å². The number of hydrogen-bond acceptors (Lipinski definition) is 2. The Morgan fingerprint density at radius 3 is 3.06 bits per heavy atom. The van der Waals surface area contributed by atoms with Gasteiger partial charge in [-0.15, -0.1) is 11.3 Å². The average molecular weight is 253 g/mol. The summed E-state index contributed by atoms with van der Waals surface area (Å²) in [6, 6.07) is 3.98. The molecule has 0 aliphatic carbocycles. The van der Waals surface area contributed by atoms with E-state index in [1.165, 1.54) is 23.5 Å². The molecule has 84 valence electrons. The van der Waals surface area contributed by atoms with Gasteiger partial charge in [-0.25, -0.2) is 4.98 Å². The van der Waals surface area contributed by atoms with E-state index in [1.54, 1.807) is 11.3 Å². The van der Waals surface area contributed by atoms with Gasteiger partial charge >= 0.3 is 0 Å². The Labute approximate surface area is 104 Å². The summed E-state index contributed by atoms with van der Waals surface area (Å²) in [5.41, 5.74) is 1.07. The van der Waals surface area contributed by atoms with Crippen LogP contribution in [0.15, 0.2) is 18.3 Å². The second kappa shape index (κ2) is 3.90. The number of fused-ring (bicyclic) bond motifs is 1. The van der Waals surface area contributed by atoms with Crippen LogP contribution >= 0.6 is 22.9 Å². The smallest absolute Gasteiger partial charge is 0.112 e. The van der Waals surface area contributed by atoms with Crippen molar-refractivity contribution in [2.45, 2.75) is 32.2 Å². The molecule has 0 fully saturated rings. The standard InChI is InChI=1S/C12H13ClN2S/c1-8-3-2-6-15-7-9(14-12(8)15)10-4-5-11(13)16-10/h4-5,7-8H,2-3,6H2,1H3. The summed E-state index contributed by atoms with van der Waals surface area (Å²) in [7, 11) is 0. The molecule has 2 aromatic heterocycles. The first-order valence-electron chi connectivity index (χ1n) is 5.57. The molecular formula is C12H13ClN2S. The van der Waals surface area contributed by atoms with Gasteiger partial charge in [0.15, 0.2) is 0 Å². The van der Waals surface area contributed by atoms with Crippen LogP contribution in [0, 0.1) is 0 Å². The third-order valence-electron chi connectivity index (χ3n) is 3.11. The van der Waals surface area contributed by atoms with Crippen LogP contribution in [0.4, 0.5) is 0 Å². The first kappa shape index (κ1) is 10.4. The van der Waals surface area contributed by atoms with Crippen LogP contribution in [0.5, 0.6) is 0 Å². The van der Waals surface area contributed by atoms with Crippen molar-refractivity contribution in [3.05, 3.63) is 28.5 Å². The molecule has 2 aromatic rings. The van der Waals surface area contributed by atoms with Crippen LogP contribution in [0.3, 0.4) is 0 Å². The van der Waals surface area contributed by atoms with E-state index in [0.717, 1.165) is 16.6 Å². The molecule has 0 radical (unpaired) electrons. The summed E-state index contributed by atoms with van der Waals surface area (Å²) in [5.74, 6) is 1.81. The minimum atomic E-state index is 0.581. The topological polar surface area (TPSA) is 17.8 Å². The van der Waals surface area contributed by atoms with Gasteiger partial charge in [0.1, 0.15) is 5.82 Å². The second-order valence-electron chi connectivity index (χ2n) is 4.32. The summed E-state index contributed by atoms with van der Waals surface area (Å²) in [4.78, 5) is 5.90. The minimum absolute atomic E-state index is 0.581. The molecule has 0 saturated carbocycles. The minimum Gasteiger partial charge on any atom is -0.334 e. The number of aromatic nitrogens is 2. The Balaban J connectivity index is 2.04. The molecule has 0 spiro atoms. The molecule has 0 N–H and O–H groups in total. The fourth-order valence-electron chi connectivity index (χ4n) is 2.27. The van der Waals surface area contributed by atoms with Gasteiger partial charge in [-0.2, -0.15) is 0 Å². The van der Waals surface area contributed by atoms with Crippen LogP contribution in [0.25, 0.3) is 10.6 Å². The molecule has 1 atom stereocenters. The van der Waals surface area contributed by atoms with Crippen LogP contribution in [-0.4, -0.2) is 9.55 Å². The van der Waals surface area contributed by atoms with E-state index in [4.69, 9.17) is 16.6 Å². The summed E-state index contributed by atoms with van der Waals surface area (Å²) < 4.78 is 3.12. The number of rotatable bonds is 1. The lowest BCUT2D eigenvalue weighted by Crippen LogP contribution is -2.12. The highest BCUT2D eigenvalue weighted by molar-refractivity contribution is 7.19. The van der Waals surface area contributed by atoms with Gasteiger partial charge < -0.3 is 4.57 Å². The van der Waals surface area contributed by atoms with E-state index < -0.39 is 0 Å². The number of halogens is 1. The van der Waals surface area contributed by atoms with Gasteiger partial charge in [-0.1, -0.05) is 18.5 Å². The summed E-state index contributed by atoms with van der Waals surface area (Å²) in [6.07, 6.45) is 4.67. The molecule has 0 saturated heterocycles. The molecule has 4 heteroatoms. The number of nitrogens with zero attached hydrogens (tertiary/aromatic N) is 2. The fraction of sp³-hybridized carbons (Fsp3) is 0.417. The number of thiophene rings is 1. The third kappa shape index (κ3) is 1.68. The first-order valence-corrected chi connectivity index (χ1v) is 6.76. The zero-order chi connectivity index (χ0) is 11.1. The van der Waals surface area contributed by atoms with Crippen molar-refractivity contribution in [1.82, 2.24) is 9.55 Å². The highest BCUT2D eigenvalue weighted by Gasteiger charge is 2.19. The van der Waals surface area contributed by atoms with Gasteiger partial charge in [0.25, 0.3) is 0 Å². The Kier molecular flexibility index (Phi) is 2.52. The maximum absolute atomic E-state index is 5.95. The van der Waals surface area contributed by atoms with E-state index >= 15 is 0 Å². The maximum Gasteiger partial charge on any atom is 0.112 e. The number of aryl methyl sites for hydroxylation is 1. The van der Waals surface area contributed by atoms with Gasteiger partial charge in [-0.3, -0.25) is 0 Å². The second-order valence-corrected chi connectivity index (χ2v) is 6.04. The molecule has 1 aliphatic heterocycles. The first-order chi connectivity index (χ1) is 7.74. The van der Waals surface area contributed by atoms with Crippen molar-refractivity contribution >= 4 is 22.9 Å². The van der Waals surface area contributed by atoms with Crippen LogP contribution in [0.1, 0.15) is 31.5 Å². The molecule has 3 heterocycles. The summed E-state index contributed by atoms with van der Waals surface area (Å²) in [6.45, 7) is 3.36. The number of imidazole rings is 1. The lowest BCUT2D eigenvalue weighted by Gasteiger charge is -2.19. The highest BCUT2D eigenvalue weighted by Crippen LogP contribution is 2.33. The molecule has 3 rings (SSSR count). The average Bonchev–Trinajstić information content (AvgIpc) is 2.84. The lowest BCUT2D eigenvalue weighted by molar-refractivity contribution is 0.463. The van der Waals surface area contributed by atoms with Crippen molar-refractivity contribution in [2.75, 3.05) is 0 Å². The zero-order valence-corrected chi connectivity index (χ0v) is 10.7. The summed E-state index contributed by atoms with van der Waals surface area (Å²) >= 11 is 7.54. The van der Waals surface area contributed by atoms with Crippen molar-refractivity contribution in [3.63, 3.8) is 0 Å². The Morgan fingerprint density at radius 1 is 1.50 bits per heavy atom. The maximum atomic E-state index is 5.95. The van der Waals surface area contributed by atoms with Crippen molar-refractivity contribution < 1.29 is 0 Å². The van der Waals surface area contributed by atoms with Crippen molar-refractivity contribution in [2.24, 2.45) is 0 Å². The Bertz CT molecular complexity index is 515. The van der Waals surface area contributed by atoms with Gasteiger partial charge in [-0.05, 0) is 25.0 Å². The van der Waals surface area contributed by atoms with E-state index in [-0.39, 0.29) is 0 Å². The van der Waals surface area contributed by atoms with E-state index in [9.17, 15) is 0 Å². The fourth-order valence-corrected chi connectivity index (χ4v) is 3.27. The molecule has 0 bridgehead atoms. The molecule has 1 unspecified atom stereocenters. The van der Waals surface area contributed by atoms with E-state index in [0.29, 0.717) is 5.92 Å². The molecule has 1 aliphatic rings. The van der Waals surface area contributed by atoms with Crippen LogP contribution < -0.4 is 0 Å². The largest absolute Gasteiger partial charge is 0.334 e. The van der Waals surface area contributed by atoms with Crippen LogP contribution in [-0.2, 0) is 6.54 Å². The SMILES string of the molecule is CC1CCCn2cc(-c3ccc(Cl)s3)nc21.